The Hall–Kier alpha value is -2.67. The molecule has 0 heterocycles. The first-order chi connectivity index (χ1) is 10.4. The van der Waals surface area contributed by atoms with Crippen LogP contribution in [-0.4, -0.2) is 18.4 Å². The van der Waals surface area contributed by atoms with Gasteiger partial charge in [0.2, 0.25) is 9.84 Å². The van der Waals surface area contributed by atoms with Crippen LogP contribution in [0.25, 0.3) is 0 Å². The van der Waals surface area contributed by atoms with Crippen molar-refractivity contribution in [1.29, 1.82) is 0 Å². The standard InChI is InChI=1S/C15H13NO5S/c1-2-3-11-10-14(8-9-15(11)17)22(20,21)13-6-4-12(5-7-13)16(18)19/h2,4-10,17H,1,3H2. The average molecular weight is 319 g/mol. The van der Waals surface area contributed by atoms with E-state index in [-0.39, 0.29) is 21.2 Å². The molecule has 0 radical (unpaired) electrons. The second kappa shape index (κ2) is 5.98. The van der Waals surface area contributed by atoms with Gasteiger partial charge in [-0.3, -0.25) is 10.1 Å². The molecule has 114 valence electrons. The number of allylic oxidation sites excluding steroid dienone is 1. The summed E-state index contributed by atoms with van der Waals surface area (Å²) < 4.78 is 25.0. The van der Waals surface area contributed by atoms with E-state index < -0.39 is 14.8 Å². The Bertz CT molecular complexity index is 826. The molecule has 6 nitrogen and oxygen atoms in total. The van der Waals surface area contributed by atoms with Gasteiger partial charge < -0.3 is 5.11 Å². The lowest BCUT2D eigenvalue weighted by molar-refractivity contribution is -0.384. The van der Waals surface area contributed by atoms with Crippen molar-refractivity contribution in [2.45, 2.75) is 16.2 Å². The van der Waals surface area contributed by atoms with E-state index in [1.54, 1.807) is 6.08 Å². The highest BCUT2D eigenvalue weighted by Crippen LogP contribution is 2.27. The van der Waals surface area contributed by atoms with Crippen LogP contribution in [0.15, 0.2) is 64.9 Å². The predicted molar refractivity (Wildman–Crippen MR) is 80.6 cm³/mol. The lowest BCUT2D eigenvalue weighted by atomic mass is 10.1. The number of rotatable bonds is 5. The molecule has 2 rings (SSSR count). The minimum absolute atomic E-state index is 0.0102. The maximum atomic E-state index is 12.5. The molecule has 2 aromatic rings. The van der Waals surface area contributed by atoms with Gasteiger partial charge in [-0.05, 0) is 42.3 Å². The third-order valence-corrected chi connectivity index (χ3v) is 4.85. The highest BCUT2D eigenvalue weighted by Gasteiger charge is 2.20. The van der Waals surface area contributed by atoms with Crippen LogP contribution in [0.4, 0.5) is 5.69 Å². The molecule has 0 amide bonds. The summed E-state index contributed by atoms with van der Waals surface area (Å²) in [5.74, 6) is -0.0115. The van der Waals surface area contributed by atoms with E-state index in [0.717, 1.165) is 12.1 Å². The van der Waals surface area contributed by atoms with Gasteiger partial charge in [0.25, 0.3) is 5.69 Å². The van der Waals surface area contributed by atoms with Gasteiger partial charge in [0.05, 0.1) is 14.7 Å². The zero-order chi connectivity index (χ0) is 16.3. The number of nitro benzene ring substituents is 1. The Morgan fingerprint density at radius 2 is 1.73 bits per heavy atom. The monoisotopic (exact) mass is 319 g/mol. The highest BCUT2D eigenvalue weighted by molar-refractivity contribution is 7.91. The van der Waals surface area contributed by atoms with Crippen LogP contribution < -0.4 is 0 Å². The Balaban J connectivity index is 2.48. The van der Waals surface area contributed by atoms with Crippen LogP contribution in [-0.2, 0) is 16.3 Å². The molecule has 0 spiro atoms. The first kappa shape index (κ1) is 15.7. The number of nitrogens with zero attached hydrogens (tertiary/aromatic N) is 1. The average Bonchev–Trinajstić information content (AvgIpc) is 2.49. The van der Waals surface area contributed by atoms with Crippen molar-refractivity contribution in [2.75, 3.05) is 0 Å². The smallest absolute Gasteiger partial charge is 0.269 e. The Morgan fingerprint density at radius 1 is 1.14 bits per heavy atom. The normalized spacial score (nSPS) is 11.1. The molecule has 0 saturated carbocycles. The summed E-state index contributed by atoms with van der Waals surface area (Å²) in [5.41, 5.74) is 0.259. The van der Waals surface area contributed by atoms with Crippen LogP contribution in [0.1, 0.15) is 5.56 Å². The summed E-state index contributed by atoms with van der Waals surface area (Å²) in [4.78, 5) is 9.97. The number of hydrogen-bond acceptors (Lipinski definition) is 5. The van der Waals surface area contributed by atoms with Crippen LogP contribution in [0.5, 0.6) is 5.75 Å². The molecule has 22 heavy (non-hydrogen) atoms. The molecular weight excluding hydrogens is 306 g/mol. The summed E-state index contributed by atoms with van der Waals surface area (Å²) in [6, 6.07) is 8.61. The number of phenols is 1. The molecule has 0 atom stereocenters. The van der Waals surface area contributed by atoms with Crippen molar-refractivity contribution in [3.05, 3.63) is 70.8 Å². The van der Waals surface area contributed by atoms with Crippen molar-refractivity contribution < 1.29 is 18.4 Å². The van der Waals surface area contributed by atoms with E-state index in [9.17, 15) is 23.6 Å². The van der Waals surface area contributed by atoms with Crippen molar-refractivity contribution in [2.24, 2.45) is 0 Å². The van der Waals surface area contributed by atoms with E-state index in [1.165, 1.54) is 30.3 Å². The lowest BCUT2D eigenvalue weighted by Gasteiger charge is -2.08. The van der Waals surface area contributed by atoms with E-state index in [2.05, 4.69) is 6.58 Å². The molecule has 0 aliphatic carbocycles. The Labute approximate surface area is 127 Å². The quantitative estimate of drug-likeness (QED) is 0.519. The van der Waals surface area contributed by atoms with Gasteiger partial charge >= 0.3 is 0 Å². The van der Waals surface area contributed by atoms with Crippen LogP contribution in [0.3, 0.4) is 0 Å². The summed E-state index contributed by atoms with van der Waals surface area (Å²) in [7, 11) is -3.81. The molecule has 7 heteroatoms. The minimum atomic E-state index is -3.81. The largest absolute Gasteiger partial charge is 0.508 e. The summed E-state index contributed by atoms with van der Waals surface area (Å²) in [6.07, 6.45) is 1.88. The number of benzene rings is 2. The fourth-order valence-corrected chi connectivity index (χ4v) is 3.24. The van der Waals surface area contributed by atoms with Crippen molar-refractivity contribution in [3.8, 4) is 5.75 Å². The first-order valence-electron chi connectivity index (χ1n) is 6.28. The van der Waals surface area contributed by atoms with Crippen molar-refractivity contribution in [3.63, 3.8) is 0 Å². The third-order valence-electron chi connectivity index (χ3n) is 3.08. The molecule has 0 aromatic heterocycles. The van der Waals surface area contributed by atoms with E-state index in [1.807, 2.05) is 0 Å². The molecule has 0 aliphatic heterocycles. The number of hydrogen-bond donors (Lipinski definition) is 1. The molecule has 0 saturated heterocycles. The number of non-ortho nitro benzene ring substituents is 1. The van der Waals surface area contributed by atoms with Crippen molar-refractivity contribution >= 4 is 15.5 Å². The maximum Gasteiger partial charge on any atom is 0.269 e. The number of nitro groups is 1. The maximum absolute atomic E-state index is 12.5. The second-order valence-electron chi connectivity index (χ2n) is 4.54. The molecule has 2 aromatic carbocycles. The summed E-state index contributed by atoms with van der Waals surface area (Å²) in [6.45, 7) is 3.55. The second-order valence-corrected chi connectivity index (χ2v) is 6.49. The lowest BCUT2D eigenvalue weighted by Crippen LogP contribution is -2.03. The minimum Gasteiger partial charge on any atom is -0.508 e. The van der Waals surface area contributed by atoms with Crippen LogP contribution >= 0.6 is 0 Å². The third kappa shape index (κ3) is 2.99. The molecule has 0 unspecified atom stereocenters. The van der Waals surface area contributed by atoms with E-state index in [4.69, 9.17) is 0 Å². The van der Waals surface area contributed by atoms with Crippen LogP contribution in [0.2, 0.25) is 0 Å². The van der Waals surface area contributed by atoms with Gasteiger partial charge in [-0.15, -0.1) is 6.58 Å². The number of aromatic hydroxyl groups is 1. The molecule has 0 aliphatic rings. The molecule has 0 fully saturated rings. The SMILES string of the molecule is C=CCc1cc(S(=O)(=O)c2ccc([N+](=O)[O-])cc2)ccc1O. The van der Waals surface area contributed by atoms with Gasteiger partial charge in [-0.2, -0.15) is 0 Å². The van der Waals surface area contributed by atoms with E-state index in [0.29, 0.717) is 12.0 Å². The molecular formula is C15H13NO5S. The number of sulfone groups is 1. The number of phenolic OH excluding ortho intramolecular Hbond substituents is 1. The summed E-state index contributed by atoms with van der Waals surface area (Å²) >= 11 is 0. The highest BCUT2D eigenvalue weighted by atomic mass is 32.2. The van der Waals surface area contributed by atoms with Gasteiger partial charge in [-0.25, -0.2) is 8.42 Å². The Kier molecular flexibility index (Phi) is 4.27. The van der Waals surface area contributed by atoms with E-state index >= 15 is 0 Å². The summed E-state index contributed by atoms with van der Waals surface area (Å²) in [5, 5.41) is 20.3. The molecule has 0 bridgehead atoms. The fraction of sp³-hybridized carbons (Fsp3) is 0.0667. The van der Waals surface area contributed by atoms with Gasteiger partial charge in [0.15, 0.2) is 0 Å². The zero-order valence-corrected chi connectivity index (χ0v) is 12.3. The van der Waals surface area contributed by atoms with Crippen LogP contribution in [0, 0.1) is 10.1 Å². The fourth-order valence-electron chi connectivity index (χ4n) is 1.93. The van der Waals surface area contributed by atoms with Gasteiger partial charge in [0.1, 0.15) is 5.75 Å². The first-order valence-corrected chi connectivity index (χ1v) is 7.77. The topological polar surface area (TPSA) is 97.5 Å². The van der Waals surface area contributed by atoms with Gasteiger partial charge in [0, 0.05) is 12.1 Å². The zero-order valence-electron chi connectivity index (χ0n) is 11.5. The van der Waals surface area contributed by atoms with Gasteiger partial charge in [-0.1, -0.05) is 6.08 Å². The molecule has 1 N–H and O–H groups in total. The Morgan fingerprint density at radius 3 is 2.27 bits per heavy atom. The predicted octanol–water partition coefficient (Wildman–Crippen LogP) is 2.86. The van der Waals surface area contributed by atoms with Crippen molar-refractivity contribution in [1.82, 2.24) is 0 Å².